The summed E-state index contributed by atoms with van der Waals surface area (Å²) in [4.78, 5) is 26.6. The van der Waals surface area contributed by atoms with E-state index in [2.05, 4.69) is 5.10 Å². The van der Waals surface area contributed by atoms with Crippen molar-refractivity contribution in [2.75, 3.05) is 11.5 Å². The molecule has 2 heterocycles. The molecule has 7 heteroatoms. The first kappa shape index (κ1) is 21.8. The fourth-order valence-electron chi connectivity index (χ4n) is 3.97. The van der Waals surface area contributed by atoms with Gasteiger partial charge in [-0.1, -0.05) is 60.1 Å². The minimum atomic E-state index is -0.607. The molecule has 0 fully saturated rings. The molecule has 1 aromatic heterocycles. The van der Waals surface area contributed by atoms with Crippen molar-refractivity contribution in [2.24, 2.45) is 0 Å². The van der Waals surface area contributed by atoms with Crippen molar-refractivity contribution in [2.45, 2.75) is 32.9 Å². The number of halogens is 1. The summed E-state index contributed by atoms with van der Waals surface area (Å²) in [5.74, 6) is -0.848. The van der Waals surface area contributed by atoms with Crippen LogP contribution < -0.4 is 4.90 Å². The van der Waals surface area contributed by atoms with Crippen LogP contribution in [0.2, 0.25) is 5.15 Å². The summed E-state index contributed by atoms with van der Waals surface area (Å²) in [6.07, 6.45) is 3.64. The molecule has 0 spiro atoms. The molecule has 3 aromatic rings. The van der Waals surface area contributed by atoms with E-state index in [1.165, 1.54) is 6.08 Å². The lowest BCUT2D eigenvalue weighted by atomic mass is 10.1. The monoisotopic (exact) mass is 449 g/mol. The van der Waals surface area contributed by atoms with Crippen LogP contribution in [0.4, 0.5) is 5.69 Å². The van der Waals surface area contributed by atoms with Gasteiger partial charge in [-0.25, -0.2) is 9.48 Å². The zero-order chi connectivity index (χ0) is 22.7. The van der Waals surface area contributed by atoms with E-state index >= 15 is 0 Å². The summed E-state index contributed by atoms with van der Waals surface area (Å²) < 4.78 is 6.88. The molecule has 0 radical (unpaired) electrons. The number of carbonyl (C=O) groups is 2. The standard InChI is InChI=1S/C25H24ClN3O3/c1-17-14-20-10-6-7-11-22(20)29(17)23(30)16-32-24(31)13-12-21-18(2)27-28(25(21)26)15-19-8-4-3-5-9-19/h3-13,17H,14-16H2,1-2H3/b13-12+/t17-/m0/s1. The first-order chi connectivity index (χ1) is 15.4. The van der Waals surface area contributed by atoms with E-state index in [4.69, 9.17) is 16.3 Å². The molecule has 0 bridgehead atoms. The molecule has 6 nitrogen and oxygen atoms in total. The fraction of sp³-hybridized carbons (Fsp3) is 0.240. The van der Waals surface area contributed by atoms with Crippen molar-refractivity contribution in [1.82, 2.24) is 9.78 Å². The predicted molar refractivity (Wildman–Crippen MR) is 125 cm³/mol. The molecule has 1 atom stereocenters. The number of rotatable bonds is 6. The summed E-state index contributed by atoms with van der Waals surface area (Å²) in [5, 5.41) is 4.90. The van der Waals surface area contributed by atoms with Gasteiger partial charge in [-0.05, 0) is 43.5 Å². The van der Waals surface area contributed by atoms with Crippen molar-refractivity contribution in [3.05, 3.63) is 88.2 Å². The number of ether oxygens (including phenoxy) is 1. The molecule has 0 unspecified atom stereocenters. The van der Waals surface area contributed by atoms with Crippen molar-refractivity contribution < 1.29 is 14.3 Å². The van der Waals surface area contributed by atoms with Crippen LogP contribution in [0.1, 0.15) is 29.3 Å². The maximum Gasteiger partial charge on any atom is 0.331 e. The molecule has 164 valence electrons. The molecule has 0 N–H and O–H groups in total. The number of aromatic nitrogens is 2. The number of esters is 1. The minimum Gasteiger partial charge on any atom is -0.452 e. The van der Waals surface area contributed by atoms with Gasteiger partial charge in [0.1, 0.15) is 5.15 Å². The van der Waals surface area contributed by atoms with E-state index in [0.717, 1.165) is 23.2 Å². The molecular formula is C25H24ClN3O3. The Kier molecular flexibility index (Phi) is 6.42. The number of benzene rings is 2. The number of amides is 1. The maximum absolute atomic E-state index is 12.7. The first-order valence-electron chi connectivity index (χ1n) is 10.5. The Morgan fingerprint density at radius 2 is 1.88 bits per heavy atom. The van der Waals surface area contributed by atoms with Crippen LogP contribution in [0.3, 0.4) is 0 Å². The van der Waals surface area contributed by atoms with Crippen molar-refractivity contribution >= 4 is 35.2 Å². The van der Waals surface area contributed by atoms with Gasteiger partial charge in [-0.15, -0.1) is 0 Å². The van der Waals surface area contributed by atoms with E-state index < -0.39 is 5.97 Å². The number of fused-ring (bicyclic) bond motifs is 1. The Hall–Kier alpha value is -3.38. The molecule has 0 saturated heterocycles. The first-order valence-corrected chi connectivity index (χ1v) is 10.8. The van der Waals surface area contributed by atoms with Gasteiger partial charge in [-0.2, -0.15) is 5.10 Å². The summed E-state index contributed by atoms with van der Waals surface area (Å²) in [6.45, 7) is 4.02. The lowest BCUT2D eigenvalue weighted by Gasteiger charge is -2.22. The summed E-state index contributed by atoms with van der Waals surface area (Å²) in [5.41, 5.74) is 4.42. The zero-order valence-corrected chi connectivity index (χ0v) is 18.7. The number of hydrogen-bond donors (Lipinski definition) is 0. The van der Waals surface area contributed by atoms with Gasteiger partial charge >= 0.3 is 5.97 Å². The third-order valence-corrected chi connectivity index (χ3v) is 5.88. The van der Waals surface area contributed by atoms with Gasteiger partial charge in [0.05, 0.1) is 12.2 Å². The van der Waals surface area contributed by atoms with E-state index in [0.29, 0.717) is 23.0 Å². The van der Waals surface area contributed by atoms with Gasteiger partial charge in [-0.3, -0.25) is 4.79 Å². The van der Waals surface area contributed by atoms with Crippen LogP contribution in [-0.2, 0) is 27.3 Å². The molecule has 2 aromatic carbocycles. The van der Waals surface area contributed by atoms with Gasteiger partial charge in [0.25, 0.3) is 5.91 Å². The van der Waals surface area contributed by atoms with E-state index in [1.807, 2.05) is 68.4 Å². The highest BCUT2D eigenvalue weighted by Crippen LogP contribution is 2.31. The number of aryl methyl sites for hydroxylation is 1. The maximum atomic E-state index is 12.7. The Balaban J connectivity index is 1.37. The van der Waals surface area contributed by atoms with Crippen LogP contribution >= 0.6 is 11.6 Å². The van der Waals surface area contributed by atoms with E-state index in [9.17, 15) is 9.59 Å². The normalized spacial score (nSPS) is 15.2. The zero-order valence-electron chi connectivity index (χ0n) is 18.0. The van der Waals surface area contributed by atoms with Gasteiger partial charge in [0, 0.05) is 23.4 Å². The van der Waals surface area contributed by atoms with Crippen LogP contribution in [0.5, 0.6) is 0 Å². The summed E-state index contributed by atoms with van der Waals surface area (Å²) >= 11 is 6.48. The Bertz CT molecular complexity index is 1170. The third-order valence-electron chi connectivity index (χ3n) is 5.48. The van der Waals surface area contributed by atoms with Crippen LogP contribution in [-0.4, -0.2) is 34.3 Å². The average molecular weight is 450 g/mol. The second-order valence-corrected chi connectivity index (χ2v) is 8.18. The van der Waals surface area contributed by atoms with Gasteiger partial charge in [0.2, 0.25) is 0 Å². The van der Waals surface area contributed by atoms with Crippen molar-refractivity contribution in [1.29, 1.82) is 0 Å². The Morgan fingerprint density at radius 3 is 2.66 bits per heavy atom. The van der Waals surface area contributed by atoms with E-state index in [-0.39, 0.29) is 18.6 Å². The third kappa shape index (κ3) is 4.60. The molecule has 1 aliphatic rings. The van der Waals surface area contributed by atoms with Crippen LogP contribution in [0, 0.1) is 6.92 Å². The molecule has 1 aliphatic heterocycles. The number of nitrogens with zero attached hydrogens (tertiary/aromatic N) is 3. The van der Waals surface area contributed by atoms with Crippen molar-refractivity contribution in [3.63, 3.8) is 0 Å². The van der Waals surface area contributed by atoms with Crippen LogP contribution in [0.25, 0.3) is 6.08 Å². The summed E-state index contributed by atoms with van der Waals surface area (Å²) in [6, 6.07) is 17.7. The topological polar surface area (TPSA) is 64.4 Å². The lowest BCUT2D eigenvalue weighted by Crippen LogP contribution is -2.38. The molecule has 0 saturated carbocycles. The molecule has 1 amide bonds. The Labute approximate surface area is 192 Å². The number of carbonyl (C=O) groups excluding carboxylic acids is 2. The summed E-state index contributed by atoms with van der Waals surface area (Å²) in [7, 11) is 0. The quantitative estimate of drug-likeness (QED) is 0.412. The van der Waals surface area contributed by atoms with E-state index in [1.54, 1.807) is 15.7 Å². The van der Waals surface area contributed by atoms with Gasteiger partial charge < -0.3 is 9.64 Å². The number of anilines is 1. The number of para-hydroxylation sites is 1. The molecular weight excluding hydrogens is 426 g/mol. The highest BCUT2D eigenvalue weighted by atomic mass is 35.5. The minimum absolute atomic E-state index is 0.0334. The highest BCUT2D eigenvalue weighted by molar-refractivity contribution is 6.31. The van der Waals surface area contributed by atoms with Crippen LogP contribution in [0.15, 0.2) is 60.7 Å². The SMILES string of the molecule is Cc1nn(Cc2ccccc2)c(Cl)c1/C=C/C(=O)OCC(=O)N1c2ccccc2C[C@@H]1C. The average Bonchev–Trinajstić information content (AvgIpc) is 3.26. The van der Waals surface area contributed by atoms with Gasteiger partial charge in [0.15, 0.2) is 6.61 Å². The molecule has 4 rings (SSSR count). The predicted octanol–water partition coefficient (Wildman–Crippen LogP) is 4.43. The molecule has 0 aliphatic carbocycles. The molecule has 32 heavy (non-hydrogen) atoms. The smallest absolute Gasteiger partial charge is 0.331 e. The second-order valence-electron chi connectivity index (χ2n) is 7.82. The van der Waals surface area contributed by atoms with Crippen molar-refractivity contribution in [3.8, 4) is 0 Å². The number of hydrogen-bond acceptors (Lipinski definition) is 4. The Morgan fingerprint density at radius 1 is 1.16 bits per heavy atom. The lowest BCUT2D eigenvalue weighted by molar-refractivity contribution is -0.143. The second kappa shape index (κ2) is 9.40. The highest BCUT2D eigenvalue weighted by Gasteiger charge is 2.30. The largest absolute Gasteiger partial charge is 0.452 e. The fourth-order valence-corrected chi connectivity index (χ4v) is 4.26.